The van der Waals surface area contributed by atoms with Gasteiger partial charge in [-0.2, -0.15) is 0 Å². The van der Waals surface area contributed by atoms with Crippen molar-refractivity contribution >= 4 is 0 Å². The van der Waals surface area contributed by atoms with Crippen molar-refractivity contribution in [1.82, 2.24) is 0 Å². The second-order valence-corrected chi connectivity index (χ2v) is 4.74. The zero-order valence-electron chi connectivity index (χ0n) is 11.1. The van der Waals surface area contributed by atoms with Gasteiger partial charge >= 0.3 is 0 Å². The number of rotatable bonds is 4. The van der Waals surface area contributed by atoms with E-state index in [9.17, 15) is 0 Å². The smallest absolute Gasteiger partial charge is 0.134 e. The number of hydrogen-bond acceptors (Lipinski definition) is 2. The maximum absolute atomic E-state index is 9.11. The molecule has 0 radical (unpaired) electrons. The van der Waals surface area contributed by atoms with Crippen molar-refractivity contribution < 1.29 is 9.52 Å². The fraction of sp³-hybridized carbons (Fsp3) is 0.111. The van der Waals surface area contributed by atoms with Gasteiger partial charge in [0.05, 0.1) is 0 Å². The molecule has 0 unspecified atom stereocenters. The first-order valence-electron chi connectivity index (χ1n) is 6.68. The summed E-state index contributed by atoms with van der Waals surface area (Å²) in [5.41, 5.74) is 3.57. The van der Waals surface area contributed by atoms with E-state index in [1.54, 1.807) is 0 Å². The number of aliphatic hydroxyl groups excluding tert-OH is 1. The average molecular weight is 264 g/mol. The molecular weight excluding hydrogens is 248 g/mol. The highest BCUT2D eigenvalue weighted by atomic mass is 16.4. The lowest BCUT2D eigenvalue weighted by molar-refractivity contribution is 0.248. The fourth-order valence-corrected chi connectivity index (χ4v) is 2.34. The minimum atomic E-state index is -0.0686. The number of benzene rings is 2. The van der Waals surface area contributed by atoms with Crippen LogP contribution in [0.3, 0.4) is 0 Å². The molecule has 0 spiro atoms. The predicted octanol–water partition coefficient (Wildman–Crippen LogP) is 4.03. The second kappa shape index (κ2) is 5.76. The third kappa shape index (κ3) is 2.65. The van der Waals surface area contributed by atoms with E-state index in [-0.39, 0.29) is 6.61 Å². The molecule has 2 nitrogen and oxygen atoms in total. The molecule has 3 rings (SSSR count). The summed E-state index contributed by atoms with van der Waals surface area (Å²) >= 11 is 0. The van der Waals surface area contributed by atoms with Crippen LogP contribution in [0.5, 0.6) is 0 Å². The van der Waals surface area contributed by atoms with Gasteiger partial charge in [-0.3, -0.25) is 0 Å². The number of furan rings is 1. The Balaban J connectivity index is 1.96. The van der Waals surface area contributed by atoms with Crippen LogP contribution in [0.15, 0.2) is 71.1 Å². The van der Waals surface area contributed by atoms with Crippen LogP contribution in [0.25, 0.3) is 11.3 Å². The first kappa shape index (κ1) is 12.7. The van der Waals surface area contributed by atoms with Crippen LogP contribution in [0, 0.1) is 0 Å². The van der Waals surface area contributed by atoms with Crippen LogP contribution in [0.2, 0.25) is 0 Å². The van der Waals surface area contributed by atoms with Gasteiger partial charge in [-0.1, -0.05) is 54.6 Å². The van der Waals surface area contributed by atoms with Crippen molar-refractivity contribution in [3.8, 4) is 11.3 Å². The van der Waals surface area contributed by atoms with Crippen molar-refractivity contribution in [3.05, 3.63) is 83.6 Å². The first-order valence-corrected chi connectivity index (χ1v) is 6.68. The largest absolute Gasteiger partial charge is 0.459 e. The van der Waals surface area contributed by atoms with Crippen molar-refractivity contribution in [1.29, 1.82) is 0 Å². The molecule has 1 N–H and O–H groups in total. The lowest BCUT2D eigenvalue weighted by atomic mass is 9.98. The van der Waals surface area contributed by atoms with E-state index in [4.69, 9.17) is 9.52 Å². The van der Waals surface area contributed by atoms with Crippen LogP contribution in [-0.4, -0.2) is 5.11 Å². The Bertz CT molecular complexity index is 683. The van der Waals surface area contributed by atoms with Gasteiger partial charge < -0.3 is 9.52 Å². The highest BCUT2D eigenvalue weighted by molar-refractivity contribution is 5.63. The average Bonchev–Trinajstić information content (AvgIpc) is 2.98. The summed E-state index contributed by atoms with van der Waals surface area (Å²) < 4.78 is 5.65. The zero-order chi connectivity index (χ0) is 13.8. The van der Waals surface area contributed by atoms with E-state index in [2.05, 4.69) is 36.4 Å². The van der Waals surface area contributed by atoms with Gasteiger partial charge in [0.1, 0.15) is 18.1 Å². The Labute approximate surface area is 118 Å². The molecule has 0 aliphatic carbocycles. The molecule has 100 valence electrons. The van der Waals surface area contributed by atoms with Crippen LogP contribution >= 0.6 is 0 Å². The van der Waals surface area contributed by atoms with Gasteiger partial charge in [-0.05, 0) is 29.7 Å². The minimum Gasteiger partial charge on any atom is -0.459 e. The molecule has 0 aliphatic rings. The van der Waals surface area contributed by atoms with E-state index in [1.165, 1.54) is 11.1 Å². The summed E-state index contributed by atoms with van der Waals surface area (Å²) in [6, 6.07) is 22.3. The van der Waals surface area contributed by atoms with Crippen LogP contribution in [0.4, 0.5) is 0 Å². The zero-order valence-corrected chi connectivity index (χ0v) is 11.1. The Morgan fingerprint density at radius 1 is 0.800 bits per heavy atom. The topological polar surface area (TPSA) is 33.4 Å². The molecule has 0 fully saturated rings. The molecule has 0 saturated carbocycles. The third-order valence-corrected chi connectivity index (χ3v) is 3.34. The van der Waals surface area contributed by atoms with Crippen molar-refractivity contribution in [2.75, 3.05) is 0 Å². The van der Waals surface area contributed by atoms with Crippen LogP contribution in [-0.2, 0) is 13.0 Å². The van der Waals surface area contributed by atoms with Gasteiger partial charge in [0.2, 0.25) is 0 Å². The molecule has 2 aromatic carbocycles. The van der Waals surface area contributed by atoms with Gasteiger partial charge in [0.25, 0.3) is 0 Å². The first-order chi connectivity index (χ1) is 9.86. The second-order valence-electron chi connectivity index (χ2n) is 4.74. The van der Waals surface area contributed by atoms with E-state index in [0.29, 0.717) is 5.76 Å². The van der Waals surface area contributed by atoms with E-state index in [0.717, 1.165) is 17.7 Å². The molecule has 0 saturated heterocycles. The summed E-state index contributed by atoms with van der Waals surface area (Å²) in [7, 11) is 0. The summed E-state index contributed by atoms with van der Waals surface area (Å²) in [5.74, 6) is 1.40. The molecule has 20 heavy (non-hydrogen) atoms. The highest BCUT2D eigenvalue weighted by Gasteiger charge is 2.09. The summed E-state index contributed by atoms with van der Waals surface area (Å²) in [6.45, 7) is -0.0686. The Morgan fingerprint density at radius 3 is 2.30 bits per heavy atom. The minimum absolute atomic E-state index is 0.0686. The molecule has 3 aromatic rings. The molecule has 1 heterocycles. The fourth-order valence-electron chi connectivity index (χ4n) is 2.34. The lowest BCUT2D eigenvalue weighted by Crippen LogP contribution is -1.91. The summed E-state index contributed by atoms with van der Waals surface area (Å²) in [5, 5.41) is 9.11. The van der Waals surface area contributed by atoms with E-state index >= 15 is 0 Å². The molecule has 1 aromatic heterocycles. The van der Waals surface area contributed by atoms with Crippen molar-refractivity contribution in [3.63, 3.8) is 0 Å². The van der Waals surface area contributed by atoms with E-state index < -0.39 is 0 Å². The predicted molar refractivity (Wildman–Crippen MR) is 79.3 cm³/mol. The molecule has 0 bridgehead atoms. The summed E-state index contributed by atoms with van der Waals surface area (Å²) in [4.78, 5) is 0. The SMILES string of the molecule is OCc1ccc(-c2ccccc2Cc2ccccc2)o1. The van der Waals surface area contributed by atoms with Gasteiger partial charge in [-0.25, -0.2) is 0 Å². The van der Waals surface area contributed by atoms with Gasteiger partial charge in [-0.15, -0.1) is 0 Å². The van der Waals surface area contributed by atoms with Crippen molar-refractivity contribution in [2.45, 2.75) is 13.0 Å². The number of aliphatic hydroxyl groups is 1. The standard InChI is InChI=1S/C18H16O2/c19-13-16-10-11-18(20-16)17-9-5-4-8-15(17)12-14-6-2-1-3-7-14/h1-11,19H,12-13H2. The molecular formula is C18H16O2. The maximum atomic E-state index is 9.11. The Morgan fingerprint density at radius 2 is 1.55 bits per heavy atom. The van der Waals surface area contributed by atoms with Crippen LogP contribution in [0.1, 0.15) is 16.9 Å². The monoisotopic (exact) mass is 264 g/mol. The molecule has 2 heteroatoms. The van der Waals surface area contributed by atoms with Gasteiger partial charge in [0, 0.05) is 5.56 Å². The summed E-state index contributed by atoms with van der Waals surface area (Å²) in [6.07, 6.45) is 0.867. The number of hydrogen-bond donors (Lipinski definition) is 1. The third-order valence-electron chi connectivity index (χ3n) is 3.34. The molecule has 0 aliphatic heterocycles. The van der Waals surface area contributed by atoms with Gasteiger partial charge in [0.15, 0.2) is 0 Å². The molecule has 0 atom stereocenters. The molecule has 0 amide bonds. The van der Waals surface area contributed by atoms with Crippen LogP contribution < -0.4 is 0 Å². The van der Waals surface area contributed by atoms with E-state index in [1.807, 2.05) is 30.3 Å². The van der Waals surface area contributed by atoms with Crippen molar-refractivity contribution in [2.24, 2.45) is 0 Å². The quantitative estimate of drug-likeness (QED) is 0.771. The lowest BCUT2D eigenvalue weighted by Gasteiger charge is -2.07. The normalized spacial score (nSPS) is 10.7. The Hall–Kier alpha value is -2.32. The Kier molecular flexibility index (Phi) is 3.66. The maximum Gasteiger partial charge on any atom is 0.134 e. The highest BCUT2D eigenvalue weighted by Crippen LogP contribution is 2.27.